The predicted molar refractivity (Wildman–Crippen MR) is 116 cm³/mol. The number of carbonyl (C=O) groups is 2. The molecule has 0 bridgehead atoms. The minimum atomic E-state index is -4.91. The molecule has 2 atom stereocenters. The minimum Gasteiger partial charge on any atom is -0.373 e. The molecule has 2 aliphatic heterocycles. The lowest BCUT2D eigenvalue weighted by molar-refractivity contribution is -0.138. The second-order valence-electron chi connectivity index (χ2n) is 8.87. The molecule has 2 aromatic rings. The number of benzene rings is 1. The van der Waals surface area contributed by atoms with Gasteiger partial charge in [0.15, 0.2) is 0 Å². The summed E-state index contributed by atoms with van der Waals surface area (Å²) in [6.07, 6.45) is -3.11. The van der Waals surface area contributed by atoms with Gasteiger partial charge in [0, 0.05) is 24.7 Å². The molecule has 2 aliphatic rings. The van der Waals surface area contributed by atoms with E-state index in [4.69, 9.17) is 4.74 Å². The van der Waals surface area contributed by atoms with Gasteiger partial charge in [0.2, 0.25) is 0 Å². The summed E-state index contributed by atoms with van der Waals surface area (Å²) in [4.78, 5) is 28.2. The molecule has 4 rings (SSSR count). The van der Waals surface area contributed by atoms with E-state index in [0.717, 1.165) is 12.8 Å². The van der Waals surface area contributed by atoms with Gasteiger partial charge >= 0.3 is 6.18 Å². The number of carbonyl (C=O) groups excluding carboxylic acids is 2. The number of aromatic nitrogens is 1. The fourth-order valence-corrected chi connectivity index (χ4v) is 4.78. The first kappa shape index (κ1) is 25.2. The molecule has 1 aromatic heterocycles. The average molecular weight is 499 g/mol. The van der Waals surface area contributed by atoms with Crippen LogP contribution in [-0.2, 0) is 24.1 Å². The van der Waals surface area contributed by atoms with Gasteiger partial charge in [0.25, 0.3) is 11.8 Å². The van der Waals surface area contributed by atoms with E-state index < -0.39 is 40.9 Å². The number of fused-ring (bicyclic) bond motifs is 1. The van der Waals surface area contributed by atoms with E-state index in [1.54, 1.807) is 16.4 Å². The number of nitrogens with zero attached hydrogens (tertiary/aromatic N) is 2. The topological polar surface area (TPSA) is 63.6 Å². The van der Waals surface area contributed by atoms with Crippen LogP contribution in [-0.4, -0.2) is 40.5 Å². The molecule has 3 heterocycles. The third-order valence-corrected chi connectivity index (χ3v) is 6.65. The van der Waals surface area contributed by atoms with Gasteiger partial charge in [-0.1, -0.05) is 6.92 Å². The lowest BCUT2D eigenvalue weighted by Gasteiger charge is -2.24. The highest BCUT2D eigenvalue weighted by Crippen LogP contribution is 2.34. The summed E-state index contributed by atoms with van der Waals surface area (Å²) in [5.41, 5.74) is -1.17. The van der Waals surface area contributed by atoms with Crippen molar-refractivity contribution in [2.75, 3.05) is 13.2 Å². The summed E-state index contributed by atoms with van der Waals surface area (Å²) in [6, 6.07) is 0.743. The maximum Gasteiger partial charge on any atom is 0.416 e. The lowest BCUT2D eigenvalue weighted by atomic mass is 10.00. The zero-order valence-electron chi connectivity index (χ0n) is 19.3. The van der Waals surface area contributed by atoms with Crippen LogP contribution < -0.4 is 5.32 Å². The van der Waals surface area contributed by atoms with Crippen molar-refractivity contribution in [1.29, 1.82) is 0 Å². The van der Waals surface area contributed by atoms with Crippen LogP contribution in [0.3, 0.4) is 0 Å². The molecule has 190 valence electrons. The van der Waals surface area contributed by atoms with E-state index in [1.165, 1.54) is 6.07 Å². The van der Waals surface area contributed by atoms with Crippen molar-refractivity contribution in [1.82, 2.24) is 14.8 Å². The summed E-state index contributed by atoms with van der Waals surface area (Å²) >= 11 is 0. The van der Waals surface area contributed by atoms with Gasteiger partial charge in [-0.2, -0.15) is 13.2 Å². The van der Waals surface area contributed by atoms with Crippen molar-refractivity contribution in [3.8, 4) is 0 Å². The zero-order valence-corrected chi connectivity index (χ0v) is 19.3. The van der Waals surface area contributed by atoms with Crippen molar-refractivity contribution in [3.63, 3.8) is 0 Å². The number of nitrogens with one attached hydrogen (secondary N) is 1. The van der Waals surface area contributed by atoms with E-state index in [0.29, 0.717) is 31.1 Å². The Morgan fingerprint density at radius 2 is 1.86 bits per heavy atom. The van der Waals surface area contributed by atoms with Crippen LogP contribution in [0.15, 0.2) is 18.2 Å². The van der Waals surface area contributed by atoms with Gasteiger partial charge < -0.3 is 19.5 Å². The second-order valence-corrected chi connectivity index (χ2v) is 8.87. The third-order valence-electron chi connectivity index (χ3n) is 6.65. The SMILES string of the molecule is CC[C@@H](NC(=O)c1cc(C(=O)N2CCC[C@@H]2C)n2c1COCC2)c1c(F)cc(C(F)(F)F)cc1F. The molecule has 0 spiro atoms. The van der Waals surface area contributed by atoms with Gasteiger partial charge in [0.1, 0.15) is 17.3 Å². The highest BCUT2D eigenvalue weighted by Gasteiger charge is 2.35. The zero-order chi connectivity index (χ0) is 25.5. The quantitative estimate of drug-likeness (QED) is 0.600. The molecule has 0 aliphatic carbocycles. The number of halogens is 5. The molecule has 1 fully saturated rings. The highest BCUT2D eigenvalue weighted by molar-refractivity contribution is 6.01. The molecular weight excluding hydrogens is 473 g/mol. The van der Waals surface area contributed by atoms with Crippen LogP contribution in [0.4, 0.5) is 22.0 Å². The third kappa shape index (κ3) is 4.78. The molecule has 1 aromatic carbocycles. The fraction of sp³-hybridized carbons (Fsp3) is 0.500. The number of likely N-dealkylation sites (tertiary alicyclic amines) is 1. The molecule has 11 heteroatoms. The highest BCUT2D eigenvalue weighted by atomic mass is 19.4. The van der Waals surface area contributed by atoms with Crippen LogP contribution in [0.1, 0.15) is 76.8 Å². The number of hydrogen-bond donors (Lipinski definition) is 1. The lowest BCUT2D eigenvalue weighted by Crippen LogP contribution is -2.35. The summed E-state index contributed by atoms with van der Waals surface area (Å²) in [5, 5.41) is 2.53. The number of alkyl halides is 3. The van der Waals surface area contributed by atoms with Crippen LogP contribution in [0, 0.1) is 11.6 Å². The first-order chi connectivity index (χ1) is 16.5. The summed E-state index contributed by atoms with van der Waals surface area (Å²) < 4.78 is 75.0. The van der Waals surface area contributed by atoms with Gasteiger partial charge in [-0.05, 0) is 44.4 Å². The molecule has 0 radical (unpaired) electrons. The molecule has 6 nitrogen and oxygen atoms in total. The Hall–Kier alpha value is -2.95. The minimum absolute atomic E-state index is 0.0224. The Morgan fingerprint density at radius 1 is 1.17 bits per heavy atom. The van der Waals surface area contributed by atoms with Crippen LogP contribution in [0.25, 0.3) is 0 Å². The Labute approximate surface area is 199 Å². The first-order valence-corrected chi connectivity index (χ1v) is 11.5. The van der Waals surface area contributed by atoms with E-state index >= 15 is 0 Å². The molecule has 0 unspecified atom stereocenters. The Bertz CT molecular complexity index is 1120. The maximum atomic E-state index is 14.6. The molecule has 2 amide bonds. The Kier molecular flexibility index (Phi) is 6.90. The summed E-state index contributed by atoms with van der Waals surface area (Å²) in [5.74, 6) is -3.70. The normalized spacial score (nSPS) is 18.9. The van der Waals surface area contributed by atoms with Crippen molar-refractivity contribution in [2.45, 2.75) is 64.5 Å². The number of rotatable bonds is 5. The van der Waals surface area contributed by atoms with Crippen molar-refractivity contribution in [3.05, 3.63) is 57.9 Å². The Balaban J connectivity index is 1.64. The van der Waals surface area contributed by atoms with Crippen LogP contribution >= 0.6 is 0 Å². The molecule has 1 saturated heterocycles. The fourth-order valence-electron chi connectivity index (χ4n) is 4.78. The monoisotopic (exact) mass is 499 g/mol. The molecule has 35 heavy (non-hydrogen) atoms. The van der Waals surface area contributed by atoms with Crippen molar-refractivity contribution >= 4 is 11.8 Å². The van der Waals surface area contributed by atoms with E-state index in [-0.39, 0.29) is 42.7 Å². The second kappa shape index (κ2) is 9.60. The van der Waals surface area contributed by atoms with E-state index in [9.17, 15) is 31.5 Å². The van der Waals surface area contributed by atoms with E-state index in [2.05, 4.69) is 5.32 Å². The first-order valence-electron chi connectivity index (χ1n) is 11.5. The maximum absolute atomic E-state index is 14.6. The smallest absolute Gasteiger partial charge is 0.373 e. The van der Waals surface area contributed by atoms with Crippen molar-refractivity contribution in [2.24, 2.45) is 0 Å². The standard InChI is InChI=1S/C24H26F5N3O3/c1-3-18(21-16(25)9-14(10-17(21)26)24(27,28)29)30-22(33)15-11-19(32-7-8-35-12-20(15)32)23(34)31-6-4-5-13(31)2/h9-11,13,18H,3-8,12H2,1-2H3,(H,30,33)/t13-,18+/m0/s1. The number of ether oxygens (including phenoxy) is 1. The molecular formula is C24H26F5N3O3. The molecule has 0 saturated carbocycles. The average Bonchev–Trinajstić information content (AvgIpc) is 3.40. The summed E-state index contributed by atoms with van der Waals surface area (Å²) in [6.45, 7) is 4.92. The van der Waals surface area contributed by atoms with Crippen LogP contribution in [0.5, 0.6) is 0 Å². The van der Waals surface area contributed by atoms with Crippen LogP contribution in [0.2, 0.25) is 0 Å². The number of amides is 2. The Morgan fingerprint density at radius 3 is 2.43 bits per heavy atom. The predicted octanol–water partition coefficient (Wildman–Crippen LogP) is 4.82. The van der Waals surface area contributed by atoms with Crippen molar-refractivity contribution < 1.29 is 36.3 Å². The summed E-state index contributed by atoms with van der Waals surface area (Å²) in [7, 11) is 0. The van der Waals surface area contributed by atoms with Gasteiger partial charge in [-0.25, -0.2) is 8.78 Å². The number of hydrogen-bond acceptors (Lipinski definition) is 3. The van der Waals surface area contributed by atoms with Gasteiger partial charge in [-0.15, -0.1) is 0 Å². The van der Waals surface area contributed by atoms with Gasteiger partial charge in [0.05, 0.1) is 36.1 Å². The largest absolute Gasteiger partial charge is 0.416 e. The van der Waals surface area contributed by atoms with Gasteiger partial charge in [-0.3, -0.25) is 9.59 Å². The molecule has 1 N–H and O–H groups in total. The van der Waals surface area contributed by atoms with E-state index in [1.807, 2.05) is 6.92 Å².